The van der Waals surface area contributed by atoms with Gasteiger partial charge in [-0.05, 0) is 18.1 Å². The third kappa shape index (κ3) is 3.49. The van der Waals surface area contributed by atoms with Crippen LogP contribution in [0.4, 0.5) is 5.69 Å². The number of hydrogen-bond acceptors (Lipinski definition) is 4. The van der Waals surface area contributed by atoms with Crippen LogP contribution in [0.1, 0.15) is 24.9 Å². The number of benzene rings is 2. The minimum atomic E-state index is -3.99. The lowest BCUT2D eigenvalue weighted by Gasteiger charge is -2.17. The van der Waals surface area contributed by atoms with Crippen LogP contribution in [0.3, 0.4) is 0 Å². The van der Waals surface area contributed by atoms with Gasteiger partial charge in [-0.25, -0.2) is 13.1 Å². The van der Waals surface area contributed by atoms with Crippen LogP contribution in [0.2, 0.25) is 0 Å². The molecule has 7 heteroatoms. The lowest BCUT2D eigenvalue weighted by atomic mass is 10.1. The second kappa shape index (κ2) is 6.67. The Morgan fingerprint density at radius 1 is 1.09 bits per heavy atom. The molecule has 0 aliphatic rings. The van der Waals surface area contributed by atoms with E-state index in [-0.39, 0.29) is 4.90 Å². The summed E-state index contributed by atoms with van der Waals surface area (Å²) in [5.74, 6) is 0. The smallest absolute Gasteiger partial charge is 0.258 e. The summed E-state index contributed by atoms with van der Waals surface area (Å²) < 4.78 is 27.5. The van der Waals surface area contributed by atoms with Crippen LogP contribution in [-0.2, 0) is 10.0 Å². The van der Waals surface area contributed by atoms with E-state index in [0.717, 1.165) is 5.56 Å². The first-order valence-corrected chi connectivity index (χ1v) is 8.24. The van der Waals surface area contributed by atoms with Crippen LogP contribution in [0.15, 0.2) is 59.5 Å². The van der Waals surface area contributed by atoms with Crippen molar-refractivity contribution in [3.63, 3.8) is 0 Å². The van der Waals surface area contributed by atoms with E-state index in [1.165, 1.54) is 24.3 Å². The Hall–Kier alpha value is -2.25. The number of sulfonamides is 1. The quantitative estimate of drug-likeness (QED) is 0.654. The fourth-order valence-corrected chi connectivity index (χ4v) is 3.64. The van der Waals surface area contributed by atoms with E-state index in [9.17, 15) is 18.5 Å². The molecule has 0 heterocycles. The average molecular weight is 320 g/mol. The second-order valence-electron chi connectivity index (χ2n) is 4.72. The summed E-state index contributed by atoms with van der Waals surface area (Å²) in [5.41, 5.74) is 0.380. The molecule has 0 amide bonds. The Bertz CT molecular complexity index is 760. The Kier molecular flexibility index (Phi) is 4.89. The molecule has 0 aliphatic carbocycles. The molecular weight excluding hydrogens is 304 g/mol. The molecule has 0 saturated carbocycles. The molecule has 0 aromatic heterocycles. The largest absolute Gasteiger partial charge is 0.289 e. The highest BCUT2D eigenvalue weighted by Crippen LogP contribution is 2.25. The van der Waals surface area contributed by atoms with Gasteiger partial charge in [0.25, 0.3) is 5.69 Å². The van der Waals surface area contributed by atoms with E-state index in [1.807, 2.05) is 37.3 Å². The van der Waals surface area contributed by atoms with Crippen molar-refractivity contribution < 1.29 is 13.3 Å². The zero-order valence-corrected chi connectivity index (χ0v) is 12.8. The van der Waals surface area contributed by atoms with E-state index >= 15 is 0 Å². The second-order valence-corrected chi connectivity index (χ2v) is 6.40. The predicted molar refractivity (Wildman–Crippen MR) is 82.9 cm³/mol. The van der Waals surface area contributed by atoms with Gasteiger partial charge in [-0.1, -0.05) is 49.4 Å². The van der Waals surface area contributed by atoms with Crippen molar-refractivity contribution in [1.82, 2.24) is 4.72 Å². The number of nitro groups is 1. The fraction of sp³-hybridized carbons (Fsp3) is 0.200. The molecule has 22 heavy (non-hydrogen) atoms. The van der Waals surface area contributed by atoms with Crippen LogP contribution < -0.4 is 4.72 Å². The van der Waals surface area contributed by atoms with Crippen molar-refractivity contribution in [3.05, 3.63) is 70.3 Å². The van der Waals surface area contributed by atoms with Gasteiger partial charge in [0, 0.05) is 12.1 Å². The zero-order valence-electron chi connectivity index (χ0n) is 12.0. The van der Waals surface area contributed by atoms with Crippen LogP contribution in [0.5, 0.6) is 0 Å². The molecule has 0 fully saturated rings. The van der Waals surface area contributed by atoms with Gasteiger partial charge in [-0.15, -0.1) is 0 Å². The van der Waals surface area contributed by atoms with Gasteiger partial charge in [0.1, 0.15) is 0 Å². The molecule has 1 unspecified atom stereocenters. The molecule has 2 aromatic rings. The molecule has 0 spiro atoms. The van der Waals surface area contributed by atoms with Crippen LogP contribution in [-0.4, -0.2) is 13.3 Å². The number of rotatable bonds is 6. The third-order valence-corrected chi connectivity index (χ3v) is 4.78. The lowest BCUT2D eigenvalue weighted by molar-refractivity contribution is -0.387. The van der Waals surface area contributed by atoms with E-state index in [0.29, 0.717) is 6.42 Å². The van der Waals surface area contributed by atoms with Crippen molar-refractivity contribution in [1.29, 1.82) is 0 Å². The molecule has 6 nitrogen and oxygen atoms in total. The molecular formula is C15H16N2O4S. The predicted octanol–water partition coefficient (Wildman–Crippen LogP) is 3.02. The minimum absolute atomic E-state index is 0.325. The van der Waals surface area contributed by atoms with Crippen LogP contribution >= 0.6 is 0 Å². The summed E-state index contributed by atoms with van der Waals surface area (Å²) in [6, 6.07) is 14.0. The van der Waals surface area contributed by atoms with E-state index in [4.69, 9.17) is 0 Å². The van der Waals surface area contributed by atoms with E-state index in [1.54, 1.807) is 0 Å². The molecule has 116 valence electrons. The first-order valence-electron chi connectivity index (χ1n) is 6.76. The van der Waals surface area contributed by atoms with Crippen molar-refractivity contribution in [3.8, 4) is 0 Å². The monoisotopic (exact) mass is 320 g/mol. The lowest BCUT2D eigenvalue weighted by Crippen LogP contribution is -2.28. The summed E-state index contributed by atoms with van der Waals surface area (Å²) in [7, 11) is -3.99. The summed E-state index contributed by atoms with van der Waals surface area (Å²) in [6.07, 6.45) is 0.532. The minimum Gasteiger partial charge on any atom is -0.258 e. The maximum Gasteiger partial charge on any atom is 0.289 e. The highest BCUT2D eigenvalue weighted by molar-refractivity contribution is 7.89. The SMILES string of the molecule is CCC(NS(=O)(=O)c1ccccc1[N+](=O)[O-])c1ccccc1. The Labute approximate surface area is 129 Å². The molecule has 2 aromatic carbocycles. The first-order chi connectivity index (χ1) is 10.5. The molecule has 1 N–H and O–H groups in total. The molecule has 0 radical (unpaired) electrons. The van der Waals surface area contributed by atoms with Gasteiger partial charge >= 0.3 is 0 Å². The van der Waals surface area contributed by atoms with Crippen molar-refractivity contribution in [2.45, 2.75) is 24.3 Å². The molecule has 1 atom stereocenters. The van der Waals surface area contributed by atoms with Crippen LogP contribution in [0.25, 0.3) is 0 Å². The Balaban J connectivity index is 2.37. The highest BCUT2D eigenvalue weighted by Gasteiger charge is 2.27. The summed E-state index contributed by atoms with van der Waals surface area (Å²) in [5, 5.41) is 11.0. The average Bonchev–Trinajstić information content (AvgIpc) is 2.53. The summed E-state index contributed by atoms with van der Waals surface area (Å²) in [6.45, 7) is 1.85. The first kappa shape index (κ1) is 16.1. The van der Waals surface area contributed by atoms with E-state index < -0.39 is 26.7 Å². The number of para-hydroxylation sites is 1. The molecule has 2 rings (SSSR count). The van der Waals surface area contributed by atoms with E-state index in [2.05, 4.69) is 4.72 Å². The summed E-state index contributed by atoms with van der Waals surface area (Å²) in [4.78, 5) is 9.99. The normalized spacial score (nSPS) is 12.8. The maximum absolute atomic E-state index is 12.5. The van der Waals surface area contributed by atoms with Gasteiger partial charge in [0.15, 0.2) is 4.90 Å². The Morgan fingerprint density at radius 3 is 2.27 bits per heavy atom. The molecule has 0 saturated heterocycles. The van der Waals surface area contributed by atoms with Gasteiger partial charge in [-0.2, -0.15) is 0 Å². The fourth-order valence-electron chi connectivity index (χ4n) is 2.16. The van der Waals surface area contributed by atoms with Gasteiger partial charge in [0.2, 0.25) is 10.0 Å². The number of nitro benzene ring substituents is 1. The standard InChI is InChI=1S/C15H16N2O4S/c1-2-13(12-8-4-3-5-9-12)16-22(20,21)15-11-7-6-10-14(15)17(18)19/h3-11,13,16H,2H2,1H3. The topological polar surface area (TPSA) is 89.3 Å². The number of nitrogens with one attached hydrogen (secondary N) is 1. The number of nitrogens with zero attached hydrogens (tertiary/aromatic N) is 1. The molecule has 0 aliphatic heterocycles. The van der Waals surface area contributed by atoms with Gasteiger partial charge in [-0.3, -0.25) is 10.1 Å². The van der Waals surface area contributed by atoms with Crippen molar-refractivity contribution in [2.75, 3.05) is 0 Å². The third-order valence-electron chi connectivity index (χ3n) is 3.26. The van der Waals surface area contributed by atoms with Crippen LogP contribution in [0, 0.1) is 10.1 Å². The molecule has 0 bridgehead atoms. The highest BCUT2D eigenvalue weighted by atomic mass is 32.2. The Morgan fingerprint density at radius 2 is 1.68 bits per heavy atom. The summed E-state index contributed by atoms with van der Waals surface area (Å²) >= 11 is 0. The zero-order chi connectivity index (χ0) is 16.2. The number of hydrogen-bond donors (Lipinski definition) is 1. The maximum atomic E-state index is 12.5. The van der Waals surface area contributed by atoms with Crippen molar-refractivity contribution >= 4 is 15.7 Å². The van der Waals surface area contributed by atoms with Gasteiger partial charge < -0.3 is 0 Å². The van der Waals surface area contributed by atoms with Gasteiger partial charge in [0.05, 0.1) is 4.92 Å². The van der Waals surface area contributed by atoms with Crippen molar-refractivity contribution in [2.24, 2.45) is 0 Å².